The Morgan fingerprint density at radius 1 is 0.667 bits per heavy atom. The summed E-state index contributed by atoms with van der Waals surface area (Å²) in [5.41, 5.74) is 0. The lowest BCUT2D eigenvalue weighted by atomic mass is 10.0. The Hall–Kier alpha value is -2.06. The second-order valence-electron chi connectivity index (χ2n) is 15.3. The summed E-state index contributed by atoms with van der Waals surface area (Å²) in [6, 6.07) is -0.943. The number of carbonyl (C=O) groups excluding carboxylic acids is 1. The largest absolute Gasteiger partial charge is 0.756 e. The maximum Gasteiger partial charge on any atom is 0.268 e. The van der Waals surface area contributed by atoms with Crippen LogP contribution in [0.15, 0.2) is 72.9 Å². The highest BCUT2D eigenvalue weighted by molar-refractivity contribution is 7.45. The number of aliphatic hydroxyl groups excluding tert-OH is 1. The predicted molar refractivity (Wildman–Crippen MR) is 228 cm³/mol. The summed E-state index contributed by atoms with van der Waals surface area (Å²) in [5.74, 6) is -0.290. The number of allylic oxidation sites excluding steroid dienone is 11. The average molecular weight is 777 g/mol. The summed E-state index contributed by atoms with van der Waals surface area (Å²) < 4.78 is 23.1. The molecule has 9 heteroatoms. The number of rotatable bonds is 37. The molecule has 8 nitrogen and oxygen atoms in total. The van der Waals surface area contributed by atoms with Crippen LogP contribution in [0.1, 0.15) is 155 Å². The third-order valence-corrected chi connectivity index (χ3v) is 9.88. The molecule has 0 radical (unpaired) electrons. The summed E-state index contributed by atoms with van der Waals surface area (Å²) in [6.07, 6.45) is 48.3. The van der Waals surface area contributed by atoms with E-state index in [4.69, 9.17) is 9.05 Å². The Kier molecular flexibility index (Phi) is 35.2. The zero-order valence-corrected chi connectivity index (χ0v) is 36.0. The molecule has 312 valence electrons. The fraction of sp³-hybridized carbons (Fsp3) is 0.711. The Morgan fingerprint density at radius 3 is 1.70 bits per heavy atom. The highest BCUT2D eigenvalue weighted by Crippen LogP contribution is 2.38. The van der Waals surface area contributed by atoms with Crippen LogP contribution >= 0.6 is 7.82 Å². The number of hydrogen-bond acceptors (Lipinski definition) is 6. The van der Waals surface area contributed by atoms with Gasteiger partial charge in [0.2, 0.25) is 5.91 Å². The van der Waals surface area contributed by atoms with Crippen molar-refractivity contribution in [3.63, 3.8) is 0 Å². The minimum atomic E-state index is -4.61. The molecule has 0 aromatic heterocycles. The van der Waals surface area contributed by atoms with Crippen molar-refractivity contribution in [2.45, 2.75) is 167 Å². The molecule has 0 rings (SSSR count). The topological polar surface area (TPSA) is 108 Å². The number of amides is 1. The van der Waals surface area contributed by atoms with Gasteiger partial charge in [0.25, 0.3) is 7.82 Å². The third-order valence-electron chi connectivity index (χ3n) is 8.91. The third kappa shape index (κ3) is 38.2. The molecule has 0 bridgehead atoms. The molecule has 1 amide bonds. The predicted octanol–water partition coefficient (Wildman–Crippen LogP) is 11.0. The molecule has 2 N–H and O–H groups in total. The Morgan fingerprint density at radius 2 is 1.15 bits per heavy atom. The van der Waals surface area contributed by atoms with Gasteiger partial charge >= 0.3 is 0 Å². The standard InChI is InChI=1S/C45H81N2O6P/c1-6-8-10-12-14-16-18-20-21-22-23-24-25-27-28-30-32-34-36-38-44(48)43(42-53-54(50,51)52-41-40-47(3,4)5)46-45(49)39-37-35-33-31-29-26-19-17-15-13-11-9-7-2/h9,11,15,17,26,28-30,33,35-36,38,43-44,48H,6-8,10,12-14,16,18-25,27,31-32,34,37,39-42H2,1-5H3,(H-,46,49,50,51)/b11-9-,17-15-,29-26-,30-28+,35-33-,38-36+. The van der Waals surface area contributed by atoms with Crippen LogP contribution in [0.3, 0.4) is 0 Å². The molecule has 0 heterocycles. The van der Waals surface area contributed by atoms with Crippen LogP contribution < -0.4 is 10.2 Å². The van der Waals surface area contributed by atoms with Gasteiger partial charge in [0.1, 0.15) is 13.2 Å². The van der Waals surface area contributed by atoms with E-state index in [-0.39, 0.29) is 18.9 Å². The van der Waals surface area contributed by atoms with E-state index in [0.717, 1.165) is 44.9 Å². The first-order valence-corrected chi connectivity index (χ1v) is 22.8. The van der Waals surface area contributed by atoms with Crippen molar-refractivity contribution >= 4 is 13.7 Å². The number of carbonyl (C=O) groups is 1. The zero-order valence-electron chi connectivity index (χ0n) is 35.1. The number of phosphoric ester groups is 1. The number of phosphoric acid groups is 1. The van der Waals surface area contributed by atoms with Gasteiger partial charge in [-0.05, 0) is 57.8 Å². The summed E-state index contributed by atoms with van der Waals surface area (Å²) in [4.78, 5) is 25.2. The Balaban J connectivity index is 4.59. The monoisotopic (exact) mass is 777 g/mol. The number of unbranched alkanes of at least 4 members (excludes halogenated alkanes) is 14. The van der Waals surface area contributed by atoms with Gasteiger partial charge in [-0.15, -0.1) is 0 Å². The van der Waals surface area contributed by atoms with Crippen LogP contribution in [0.25, 0.3) is 0 Å². The molecule has 0 saturated carbocycles. The van der Waals surface area contributed by atoms with E-state index >= 15 is 0 Å². The molecule has 0 spiro atoms. The number of hydrogen-bond donors (Lipinski definition) is 2. The molecule has 3 unspecified atom stereocenters. The van der Waals surface area contributed by atoms with Crippen LogP contribution in [-0.4, -0.2) is 68.5 Å². The number of aliphatic hydroxyl groups is 1. The molecule has 0 aliphatic rings. The SMILES string of the molecule is CC/C=C\C/C=C\C/C=C\C/C=C\CCC(=O)NC(COP(=O)([O-])OCC[N+](C)(C)C)C(O)/C=C/CC/C=C/CCCCCCCCCCCCCCC. The van der Waals surface area contributed by atoms with Crippen LogP contribution in [0.5, 0.6) is 0 Å². The van der Waals surface area contributed by atoms with Crippen molar-refractivity contribution in [2.24, 2.45) is 0 Å². The van der Waals surface area contributed by atoms with Crippen molar-refractivity contribution in [2.75, 3.05) is 40.9 Å². The van der Waals surface area contributed by atoms with Gasteiger partial charge in [0.15, 0.2) is 0 Å². The lowest BCUT2D eigenvalue weighted by Crippen LogP contribution is -2.45. The van der Waals surface area contributed by atoms with Gasteiger partial charge in [0, 0.05) is 6.42 Å². The van der Waals surface area contributed by atoms with Gasteiger partial charge in [0.05, 0.1) is 39.9 Å². The van der Waals surface area contributed by atoms with E-state index < -0.39 is 26.6 Å². The van der Waals surface area contributed by atoms with E-state index in [1.165, 1.54) is 83.5 Å². The molecule has 0 aliphatic heterocycles. The van der Waals surface area contributed by atoms with Crippen molar-refractivity contribution in [3.8, 4) is 0 Å². The molecule has 0 fully saturated rings. The number of quaternary nitrogens is 1. The Labute approximate surface area is 332 Å². The van der Waals surface area contributed by atoms with Crippen LogP contribution in [-0.2, 0) is 18.4 Å². The number of nitrogens with one attached hydrogen (secondary N) is 1. The normalized spacial score (nSPS) is 15.2. The van der Waals surface area contributed by atoms with Crippen molar-refractivity contribution < 1.29 is 32.9 Å². The molecule has 54 heavy (non-hydrogen) atoms. The second kappa shape index (κ2) is 36.6. The summed E-state index contributed by atoms with van der Waals surface area (Å²) in [6.45, 7) is 4.43. The average Bonchev–Trinajstić information content (AvgIpc) is 3.12. The quantitative estimate of drug-likeness (QED) is 0.0281. The molecule has 0 aromatic carbocycles. The smallest absolute Gasteiger partial charge is 0.268 e. The summed E-state index contributed by atoms with van der Waals surface area (Å²) in [5, 5.41) is 13.7. The van der Waals surface area contributed by atoms with E-state index in [9.17, 15) is 19.4 Å². The van der Waals surface area contributed by atoms with Gasteiger partial charge < -0.3 is 28.8 Å². The van der Waals surface area contributed by atoms with E-state index in [2.05, 4.69) is 67.8 Å². The lowest BCUT2D eigenvalue weighted by molar-refractivity contribution is -0.870. The van der Waals surface area contributed by atoms with E-state index in [0.29, 0.717) is 17.4 Å². The first kappa shape index (κ1) is 51.9. The molecule has 0 aliphatic carbocycles. The highest BCUT2D eigenvalue weighted by atomic mass is 31.2. The minimum Gasteiger partial charge on any atom is -0.756 e. The van der Waals surface area contributed by atoms with Gasteiger partial charge in [-0.2, -0.15) is 0 Å². The lowest BCUT2D eigenvalue weighted by Gasteiger charge is -2.29. The van der Waals surface area contributed by atoms with Gasteiger partial charge in [-0.25, -0.2) is 0 Å². The molecular formula is C45H81N2O6P. The maximum absolute atomic E-state index is 12.8. The molecular weight excluding hydrogens is 695 g/mol. The molecule has 0 saturated heterocycles. The maximum atomic E-state index is 12.8. The first-order chi connectivity index (χ1) is 26.0. The summed E-state index contributed by atoms with van der Waals surface area (Å²) in [7, 11) is 1.19. The van der Waals surface area contributed by atoms with Crippen LogP contribution in [0, 0.1) is 0 Å². The van der Waals surface area contributed by atoms with Crippen molar-refractivity contribution in [3.05, 3.63) is 72.9 Å². The number of nitrogens with zero attached hydrogens (tertiary/aromatic N) is 1. The fourth-order valence-corrected chi connectivity index (χ4v) is 6.25. The molecule has 0 aromatic rings. The fourth-order valence-electron chi connectivity index (χ4n) is 5.53. The van der Waals surface area contributed by atoms with Crippen molar-refractivity contribution in [1.29, 1.82) is 0 Å². The first-order valence-electron chi connectivity index (χ1n) is 21.3. The van der Waals surface area contributed by atoms with Gasteiger partial charge in [-0.3, -0.25) is 9.36 Å². The Bertz CT molecular complexity index is 1110. The highest BCUT2D eigenvalue weighted by Gasteiger charge is 2.23. The minimum absolute atomic E-state index is 0.0223. The van der Waals surface area contributed by atoms with Crippen LogP contribution in [0.2, 0.25) is 0 Å². The summed E-state index contributed by atoms with van der Waals surface area (Å²) >= 11 is 0. The van der Waals surface area contributed by atoms with E-state index in [1.54, 1.807) is 6.08 Å². The van der Waals surface area contributed by atoms with Gasteiger partial charge in [-0.1, -0.05) is 164 Å². The molecule has 3 atom stereocenters. The number of likely N-dealkylation sites (N-methyl/N-ethyl adjacent to an activating group) is 1. The van der Waals surface area contributed by atoms with Crippen LogP contribution in [0.4, 0.5) is 0 Å². The van der Waals surface area contributed by atoms with Crippen molar-refractivity contribution in [1.82, 2.24) is 5.32 Å². The van der Waals surface area contributed by atoms with E-state index in [1.807, 2.05) is 39.4 Å². The second-order valence-corrected chi connectivity index (χ2v) is 16.7. The zero-order chi connectivity index (χ0) is 40.0.